The van der Waals surface area contributed by atoms with E-state index in [1.165, 1.54) is 0 Å². The van der Waals surface area contributed by atoms with Gasteiger partial charge in [-0.1, -0.05) is 18.6 Å². The van der Waals surface area contributed by atoms with Gasteiger partial charge in [0.25, 0.3) is 0 Å². The Labute approximate surface area is 161 Å². The Bertz CT molecular complexity index is 625. The highest BCUT2D eigenvalue weighted by Gasteiger charge is 2.42. The smallest absolute Gasteiger partial charge is 0.162 e. The van der Waals surface area contributed by atoms with Crippen molar-refractivity contribution in [3.63, 3.8) is 0 Å². The number of rotatable bonds is 7. The summed E-state index contributed by atoms with van der Waals surface area (Å²) in [6, 6.07) is 0. The van der Waals surface area contributed by atoms with Gasteiger partial charge in [0.15, 0.2) is 5.78 Å². The Morgan fingerprint density at radius 2 is 1.96 bits per heavy atom. The van der Waals surface area contributed by atoms with E-state index in [2.05, 4.69) is 0 Å². The van der Waals surface area contributed by atoms with Crippen molar-refractivity contribution < 1.29 is 30.3 Å². The predicted octanol–water partition coefficient (Wildman–Crippen LogP) is 2.16. The van der Waals surface area contributed by atoms with Crippen LogP contribution in [-0.2, 0) is 4.79 Å². The topological polar surface area (TPSA) is 118 Å². The lowest BCUT2D eigenvalue weighted by molar-refractivity contribution is -0.117. The fourth-order valence-electron chi connectivity index (χ4n) is 4.10. The molecule has 0 aromatic rings. The number of ketones is 1. The molecule has 0 aromatic heterocycles. The first-order chi connectivity index (χ1) is 12.3. The molecule has 0 aliphatic heterocycles. The van der Waals surface area contributed by atoms with E-state index in [-0.39, 0.29) is 48.2 Å². The largest absolute Gasteiger partial charge is 0.509 e. The molecule has 0 bridgehead atoms. The third-order valence-electron chi connectivity index (χ3n) is 6.18. The summed E-state index contributed by atoms with van der Waals surface area (Å²) in [5.41, 5.74) is -0.990. The van der Waals surface area contributed by atoms with Crippen LogP contribution in [0.2, 0.25) is 0 Å². The highest BCUT2D eigenvalue weighted by Crippen LogP contribution is 2.45. The SMILES string of the molecule is CC(CCC(O)C(C)(C)O)C1=CCC(C)(O)C1CC1=C(O)C(O)CCC1=O. The van der Waals surface area contributed by atoms with E-state index >= 15 is 0 Å². The van der Waals surface area contributed by atoms with E-state index in [1.807, 2.05) is 13.0 Å². The van der Waals surface area contributed by atoms with Gasteiger partial charge in [-0.15, -0.1) is 0 Å². The molecule has 5 N–H and O–H groups in total. The van der Waals surface area contributed by atoms with Crippen LogP contribution in [0.15, 0.2) is 23.0 Å². The summed E-state index contributed by atoms with van der Waals surface area (Å²) in [5, 5.41) is 50.9. The Hall–Kier alpha value is -1.21. The Kier molecular flexibility index (Phi) is 6.57. The van der Waals surface area contributed by atoms with Crippen molar-refractivity contribution in [2.45, 2.75) is 89.6 Å². The third-order valence-corrected chi connectivity index (χ3v) is 6.18. The first-order valence-corrected chi connectivity index (χ1v) is 9.80. The molecule has 5 unspecified atom stereocenters. The lowest BCUT2D eigenvalue weighted by atomic mass is 9.75. The summed E-state index contributed by atoms with van der Waals surface area (Å²) in [4.78, 5) is 12.3. The molecular formula is C21H34O6. The average molecular weight is 382 g/mol. The monoisotopic (exact) mass is 382 g/mol. The van der Waals surface area contributed by atoms with E-state index in [4.69, 9.17) is 0 Å². The minimum absolute atomic E-state index is 0.0485. The van der Waals surface area contributed by atoms with Gasteiger partial charge in [-0.25, -0.2) is 0 Å². The molecule has 6 nitrogen and oxygen atoms in total. The summed E-state index contributed by atoms with van der Waals surface area (Å²) < 4.78 is 0. The molecule has 154 valence electrons. The number of allylic oxidation sites excluding steroid dienone is 1. The van der Waals surface area contributed by atoms with Crippen LogP contribution in [0.25, 0.3) is 0 Å². The number of hydrogen-bond acceptors (Lipinski definition) is 6. The van der Waals surface area contributed by atoms with E-state index in [9.17, 15) is 30.3 Å². The molecule has 6 heteroatoms. The average Bonchev–Trinajstić information content (AvgIpc) is 2.86. The molecule has 2 aliphatic carbocycles. The molecule has 0 aromatic carbocycles. The highest BCUT2D eigenvalue weighted by atomic mass is 16.3. The Morgan fingerprint density at radius 3 is 2.56 bits per heavy atom. The van der Waals surface area contributed by atoms with Crippen LogP contribution in [0.4, 0.5) is 0 Å². The molecule has 0 saturated heterocycles. The van der Waals surface area contributed by atoms with Crippen LogP contribution in [0.3, 0.4) is 0 Å². The molecule has 0 spiro atoms. The molecular weight excluding hydrogens is 348 g/mol. The maximum atomic E-state index is 12.3. The van der Waals surface area contributed by atoms with Crippen molar-refractivity contribution in [3.8, 4) is 0 Å². The zero-order chi connectivity index (χ0) is 20.6. The molecule has 0 fully saturated rings. The number of aliphatic hydroxyl groups is 5. The number of carbonyl (C=O) groups is 1. The van der Waals surface area contributed by atoms with Gasteiger partial charge in [0, 0.05) is 17.9 Å². The van der Waals surface area contributed by atoms with Gasteiger partial charge in [-0.2, -0.15) is 0 Å². The number of hydrogen-bond donors (Lipinski definition) is 5. The van der Waals surface area contributed by atoms with Gasteiger partial charge in [-0.3, -0.25) is 4.79 Å². The lowest BCUT2D eigenvalue weighted by Crippen LogP contribution is -2.37. The fraction of sp³-hybridized carbons (Fsp3) is 0.762. The third kappa shape index (κ3) is 4.99. The summed E-state index contributed by atoms with van der Waals surface area (Å²) in [6.45, 7) is 6.87. The summed E-state index contributed by atoms with van der Waals surface area (Å²) in [5.74, 6) is -0.728. The Balaban J connectivity index is 2.15. The lowest BCUT2D eigenvalue weighted by Gasteiger charge is -2.33. The molecule has 2 rings (SSSR count). The fourth-order valence-corrected chi connectivity index (χ4v) is 4.10. The van der Waals surface area contributed by atoms with Crippen molar-refractivity contribution in [2.24, 2.45) is 11.8 Å². The van der Waals surface area contributed by atoms with Gasteiger partial charge in [-0.05, 0) is 58.8 Å². The van der Waals surface area contributed by atoms with Gasteiger partial charge < -0.3 is 25.5 Å². The van der Waals surface area contributed by atoms with Gasteiger partial charge in [0.1, 0.15) is 11.9 Å². The predicted molar refractivity (Wildman–Crippen MR) is 102 cm³/mol. The van der Waals surface area contributed by atoms with Gasteiger partial charge in [0.2, 0.25) is 0 Å². The normalized spacial score (nSPS) is 31.9. The molecule has 0 saturated carbocycles. The van der Waals surface area contributed by atoms with E-state index in [1.54, 1.807) is 20.8 Å². The second-order valence-corrected chi connectivity index (χ2v) is 9.01. The first-order valence-electron chi connectivity index (χ1n) is 9.80. The van der Waals surface area contributed by atoms with Crippen LogP contribution < -0.4 is 0 Å². The molecule has 5 atom stereocenters. The Morgan fingerprint density at radius 1 is 1.33 bits per heavy atom. The molecule has 2 aliphatic rings. The van der Waals surface area contributed by atoms with Crippen molar-refractivity contribution >= 4 is 5.78 Å². The molecule has 0 radical (unpaired) electrons. The minimum atomic E-state index is -1.17. The zero-order valence-corrected chi connectivity index (χ0v) is 16.8. The summed E-state index contributed by atoms with van der Waals surface area (Å²) >= 11 is 0. The summed E-state index contributed by atoms with van der Waals surface area (Å²) in [6.07, 6.45) is 2.24. The number of Topliss-reactive ketones (excluding diaryl/α,β-unsaturated/α-hetero) is 1. The zero-order valence-electron chi connectivity index (χ0n) is 16.8. The molecule has 27 heavy (non-hydrogen) atoms. The highest BCUT2D eigenvalue weighted by molar-refractivity contribution is 5.96. The number of aliphatic hydroxyl groups excluding tert-OH is 3. The maximum absolute atomic E-state index is 12.3. The molecule has 0 heterocycles. The van der Waals surface area contributed by atoms with Crippen molar-refractivity contribution in [1.82, 2.24) is 0 Å². The van der Waals surface area contributed by atoms with Crippen LogP contribution in [0.1, 0.15) is 66.2 Å². The molecule has 0 amide bonds. The number of carbonyl (C=O) groups excluding carboxylic acids is 1. The maximum Gasteiger partial charge on any atom is 0.162 e. The second-order valence-electron chi connectivity index (χ2n) is 9.01. The van der Waals surface area contributed by atoms with Crippen molar-refractivity contribution in [2.75, 3.05) is 0 Å². The van der Waals surface area contributed by atoms with Crippen LogP contribution in [0.5, 0.6) is 0 Å². The van der Waals surface area contributed by atoms with Crippen LogP contribution in [0, 0.1) is 11.8 Å². The van der Waals surface area contributed by atoms with E-state index < -0.39 is 23.4 Å². The second kappa shape index (κ2) is 8.03. The quantitative estimate of drug-likeness (QED) is 0.431. The first kappa shape index (κ1) is 22.1. The van der Waals surface area contributed by atoms with Crippen molar-refractivity contribution in [1.29, 1.82) is 0 Å². The van der Waals surface area contributed by atoms with Crippen LogP contribution in [-0.4, -0.2) is 54.7 Å². The summed E-state index contributed by atoms with van der Waals surface area (Å²) in [7, 11) is 0. The minimum Gasteiger partial charge on any atom is -0.509 e. The standard InChI is InChI=1S/C21H34O6/c1-12(5-8-18(24)20(2,3)26)13-9-10-21(4,27)15(13)11-14-16(22)6-7-17(23)19(14)25/h9,12,15,17-18,23-27H,5-8,10-11H2,1-4H3. The van der Waals surface area contributed by atoms with E-state index in [0.717, 1.165) is 5.57 Å². The van der Waals surface area contributed by atoms with Crippen LogP contribution >= 0.6 is 0 Å². The van der Waals surface area contributed by atoms with Gasteiger partial charge >= 0.3 is 0 Å². The van der Waals surface area contributed by atoms with E-state index in [0.29, 0.717) is 19.3 Å². The van der Waals surface area contributed by atoms with Gasteiger partial charge in [0.05, 0.1) is 17.3 Å². The van der Waals surface area contributed by atoms with Crippen molar-refractivity contribution in [3.05, 3.63) is 23.0 Å².